The van der Waals surface area contributed by atoms with Gasteiger partial charge < -0.3 is 23.9 Å². The van der Waals surface area contributed by atoms with Crippen LogP contribution in [0.5, 0.6) is 0 Å². The SMILES string of the molecule is [Br-].[CH2-]CCC.[Li+].[Li+]. The number of halogens is 1. The minimum absolute atomic E-state index is 0. The summed E-state index contributed by atoms with van der Waals surface area (Å²) in [6, 6.07) is 0. The van der Waals surface area contributed by atoms with Crippen molar-refractivity contribution in [2.75, 3.05) is 0 Å². The zero-order chi connectivity index (χ0) is 3.41. The van der Waals surface area contributed by atoms with Crippen molar-refractivity contribution in [2.45, 2.75) is 19.8 Å². The molecule has 0 spiro atoms. The molecule has 0 N–H and O–H groups in total. The van der Waals surface area contributed by atoms with E-state index in [1.54, 1.807) is 0 Å². The van der Waals surface area contributed by atoms with Crippen LogP contribution in [0.3, 0.4) is 0 Å². The second-order valence-electron chi connectivity index (χ2n) is 0.854. The second-order valence-corrected chi connectivity index (χ2v) is 0.854. The molecule has 0 fully saturated rings. The normalized spacial score (nSPS) is 4.29. The van der Waals surface area contributed by atoms with E-state index >= 15 is 0 Å². The predicted molar refractivity (Wildman–Crippen MR) is 20.3 cm³/mol. The topological polar surface area (TPSA) is 0 Å². The number of hydrogen-bond acceptors (Lipinski definition) is 0. The van der Waals surface area contributed by atoms with Crippen molar-refractivity contribution in [1.82, 2.24) is 0 Å². The molecule has 0 saturated heterocycles. The molecule has 7 heavy (non-hydrogen) atoms. The molecular weight excluding hydrogens is 142 g/mol. The molecule has 0 amide bonds. The maximum Gasteiger partial charge on any atom is 1.00 e. The molecule has 0 aliphatic heterocycles. The first-order chi connectivity index (χ1) is 1.91. The Morgan fingerprint density at radius 2 is 1.43 bits per heavy atom. The summed E-state index contributed by atoms with van der Waals surface area (Å²) in [6.45, 7) is 5.72. The van der Waals surface area contributed by atoms with Crippen LogP contribution in [0.25, 0.3) is 0 Å². The summed E-state index contributed by atoms with van der Waals surface area (Å²) in [7, 11) is 0. The van der Waals surface area contributed by atoms with Gasteiger partial charge in [0.15, 0.2) is 0 Å². The van der Waals surface area contributed by atoms with Gasteiger partial charge in [-0.1, -0.05) is 13.3 Å². The van der Waals surface area contributed by atoms with Gasteiger partial charge in [-0.25, -0.2) is 0 Å². The molecule has 0 aromatic carbocycles. The summed E-state index contributed by atoms with van der Waals surface area (Å²) in [5.41, 5.74) is 0. The number of rotatable bonds is 1. The van der Waals surface area contributed by atoms with Crippen LogP contribution in [-0.4, -0.2) is 0 Å². The van der Waals surface area contributed by atoms with Crippen molar-refractivity contribution in [3.8, 4) is 0 Å². The van der Waals surface area contributed by atoms with Gasteiger partial charge >= 0.3 is 37.7 Å². The molecule has 0 atom stereocenters. The Labute approximate surface area is 80.9 Å². The molecule has 0 heterocycles. The van der Waals surface area contributed by atoms with E-state index in [0.29, 0.717) is 0 Å². The van der Waals surface area contributed by atoms with Crippen LogP contribution in [0.1, 0.15) is 19.8 Å². The van der Waals surface area contributed by atoms with Crippen LogP contribution < -0.4 is 54.7 Å². The summed E-state index contributed by atoms with van der Waals surface area (Å²) >= 11 is 0. The molecule has 0 saturated carbocycles. The van der Waals surface area contributed by atoms with E-state index in [1.165, 1.54) is 6.42 Å². The second kappa shape index (κ2) is 25.3. The van der Waals surface area contributed by atoms with Crippen LogP contribution in [0.4, 0.5) is 0 Å². The van der Waals surface area contributed by atoms with Gasteiger partial charge in [0.2, 0.25) is 0 Å². The summed E-state index contributed by atoms with van der Waals surface area (Å²) in [5.74, 6) is 0. The zero-order valence-corrected chi connectivity index (χ0v) is 7.09. The van der Waals surface area contributed by atoms with Crippen molar-refractivity contribution in [1.29, 1.82) is 0 Å². The van der Waals surface area contributed by atoms with E-state index in [1.807, 2.05) is 0 Å². The minimum Gasteiger partial charge on any atom is -1.00 e. The molecule has 3 heteroatoms. The largest absolute Gasteiger partial charge is 1.00 e. The molecular formula is C4H9BrLi2. The monoisotopic (exact) mass is 150 g/mol. The van der Waals surface area contributed by atoms with Crippen LogP contribution in [0.15, 0.2) is 0 Å². The van der Waals surface area contributed by atoms with E-state index in [2.05, 4.69) is 13.8 Å². The van der Waals surface area contributed by atoms with Gasteiger partial charge in [-0.2, -0.15) is 6.42 Å². The Bertz CT molecular complexity index is 11.7. The van der Waals surface area contributed by atoms with Gasteiger partial charge in [-0.3, -0.25) is 0 Å². The van der Waals surface area contributed by atoms with Gasteiger partial charge in [0.05, 0.1) is 0 Å². The van der Waals surface area contributed by atoms with Crippen molar-refractivity contribution in [2.24, 2.45) is 0 Å². The smallest absolute Gasteiger partial charge is 1.00 e. The Morgan fingerprint density at radius 3 is 1.43 bits per heavy atom. The van der Waals surface area contributed by atoms with Crippen molar-refractivity contribution in [3.05, 3.63) is 6.92 Å². The number of hydrogen-bond donors (Lipinski definition) is 0. The molecule has 34 valence electrons. The molecule has 0 nitrogen and oxygen atoms in total. The Morgan fingerprint density at radius 1 is 1.29 bits per heavy atom. The van der Waals surface area contributed by atoms with Gasteiger partial charge in [0.25, 0.3) is 0 Å². The number of unbranched alkanes of at least 4 members (excludes halogenated alkanes) is 1. The quantitative estimate of drug-likeness (QED) is 0.258. The third kappa shape index (κ3) is 34.5. The molecule has 0 aliphatic carbocycles. The first-order valence-corrected chi connectivity index (χ1v) is 1.71. The fraction of sp³-hybridized carbons (Fsp3) is 0.750. The minimum atomic E-state index is 0. The van der Waals surface area contributed by atoms with Gasteiger partial charge in [-0.15, -0.1) is 0 Å². The fourth-order valence-corrected chi connectivity index (χ4v) is 0. The first-order valence-electron chi connectivity index (χ1n) is 1.71. The Balaban J connectivity index is -0.0000000150. The fourth-order valence-electron chi connectivity index (χ4n) is 0. The van der Waals surface area contributed by atoms with Crippen molar-refractivity contribution < 1.29 is 54.7 Å². The predicted octanol–water partition coefficient (Wildman–Crippen LogP) is -7.37. The first kappa shape index (κ1) is 23.4. The van der Waals surface area contributed by atoms with Gasteiger partial charge in [-0.05, 0) is 0 Å². The molecule has 0 radical (unpaired) electrons. The average Bonchev–Trinajstić information content (AvgIpc) is 1.37. The maximum absolute atomic E-state index is 3.60. The molecule has 0 aliphatic rings. The van der Waals surface area contributed by atoms with Crippen molar-refractivity contribution in [3.63, 3.8) is 0 Å². The van der Waals surface area contributed by atoms with Gasteiger partial charge in [0, 0.05) is 0 Å². The third-order valence-corrected chi connectivity index (χ3v) is 0.354. The van der Waals surface area contributed by atoms with E-state index in [-0.39, 0.29) is 54.7 Å². The average molecular weight is 151 g/mol. The summed E-state index contributed by atoms with van der Waals surface area (Å²) < 4.78 is 0. The van der Waals surface area contributed by atoms with E-state index < -0.39 is 0 Å². The standard InChI is InChI=1S/C4H9.BrH.2Li/c1-3-4-2;;;/h1,3-4H2,2H3;1H;;/q-1;;2*+1/p-1. The molecule has 0 aromatic rings. The van der Waals surface area contributed by atoms with E-state index in [4.69, 9.17) is 0 Å². The maximum atomic E-state index is 3.60. The van der Waals surface area contributed by atoms with Crippen LogP contribution in [0.2, 0.25) is 0 Å². The Hall–Kier alpha value is 1.67. The Kier molecular flexibility index (Phi) is 84.6. The zero-order valence-electron chi connectivity index (χ0n) is 5.50. The third-order valence-electron chi connectivity index (χ3n) is 0.354. The van der Waals surface area contributed by atoms with Crippen LogP contribution >= 0.6 is 0 Å². The summed E-state index contributed by atoms with van der Waals surface area (Å²) in [4.78, 5) is 0. The molecule has 0 aromatic heterocycles. The molecule has 0 rings (SSSR count). The van der Waals surface area contributed by atoms with Crippen LogP contribution in [-0.2, 0) is 0 Å². The molecule has 0 bridgehead atoms. The van der Waals surface area contributed by atoms with E-state index in [0.717, 1.165) is 6.42 Å². The van der Waals surface area contributed by atoms with Crippen LogP contribution in [0, 0.1) is 6.92 Å². The van der Waals surface area contributed by atoms with E-state index in [9.17, 15) is 0 Å². The van der Waals surface area contributed by atoms with Gasteiger partial charge in [0.1, 0.15) is 0 Å². The summed E-state index contributed by atoms with van der Waals surface area (Å²) in [6.07, 6.45) is 2.28. The molecule has 0 unspecified atom stereocenters. The summed E-state index contributed by atoms with van der Waals surface area (Å²) in [5, 5.41) is 0. The van der Waals surface area contributed by atoms with Crippen molar-refractivity contribution >= 4 is 0 Å².